The van der Waals surface area contributed by atoms with Crippen molar-refractivity contribution in [2.75, 3.05) is 0 Å². The van der Waals surface area contributed by atoms with Crippen molar-refractivity contribution in [3.05, 3.63) is 48.1 Å². The van der Waals surface area contributed by atoms with E-state index in [4.69, 9.17) is 0 Å². The van der Waals surface area contributed by atoms with Gasteiger partial charge in [0, 0.05) is 0 Å². The van der Waals surface area contributed by atoms with Crippen LogP contribution in [0, 0.1) is 0 Å². The normalized spacial score (nSPS) is 11.7. The van der Waals surface area contributed by atoms with Gasteiger partial charge in [-0.25, -0.2) is 0 Å². The Morgan fingerprint density at radius 3 is 2.04 bits per heavy atom. The molecule has 0 saturated heterocycles. The number of rotatable bonds is 14. The van der Waals surface area contributed by atoms with E-state index in [9.17, 15) is 5.11 Å². The summed E-state index contributed by atoms with van der Waals surface area (Å²) < 4.78 is 0. The Bertz CT molecular complexity index is 459. The van der Waals surface area contributed by atoms with Gasteiger partial charge in [-0.1, -0.05) is 108 Å². The predicted octanol–water partition coefficient (Wildman–Crippen LogP) is 7.66. The molecule has 0 aliphatic carbocycles. The van der Waals surface area contributed by atoms with Crippen molar-refractivity contribution in [3.8, 4) is 5.75 Å². The number of unbranched alkanes of at least 4 members (excludes halogenated alkanes) is 11. The minimum Gasteiger partial charge on any atom is -0.508 e. The Morgan fingerprint density at radius 2 is 1.42 bits per heavy atom. The van der Waals surface area contributed by atoms with Crippen LogP contribution in [0.25, 0.3) is 6.08 Å². The van der Waals surface area contributed by atoms with Crippen molar-refractivity contribution in [1.29, 1.82) is 0 Å². The lowest BCUT2D eigenvalue weighted by molar-refractivity contribution is 0.475. The third-order valence-electron chi connectivity index (χ3n) is 4.38. The first-order chi connectivity index (χ1) is 11.8. The molecule has 0 atom stereocenters. The molecule has 0 aromatic heterocycles. The lowest BCUT2D eigenvalue weighted by atomic mass is 10.1. The summed E-state index contributed by atoms with van der Waals surface area (Å²) in [5.74, 6) is 0.321. The molecule has 1 aromatic rings. The molecule has 1 N–H and O–H groups in total. The van der Waals surface area contributed by atoms with E-state index in [1.54, 1.807) is 12.1 Å². The highest BCUT2D eigenvalue weighted by Crippen LogP contribution is 2.13. The molecule has 1 aromatic carbocycles. The van der Waals surface area contributed by atoms with Crippen LogP contribution in [-0.2, 0) is 0 Å². The minimum atomic E-state index is 0.321. The number of hydrogen-bond acceptors (Lipinski definition) is 1. The van der Waals surface area contributed by atoms with Crippen molar-refractivity contribution >= 4 is 6.08 Å². The number of hydrogen-bond donors (Lipinski definition) is 1. The van der Waals surface area contributed by atoms with Crippen molar-refractivity contribution in [2.24, 2.45) is 0 Å². The van der Waals surface area contributed by atoms with Gasteiger partial charge in [-0.3, -0.25) is 0 Å². The van der Waals surface area contributed by atoms with Gasteiger partial charge in [0.1, 0.15) is 5.75 Å². The molecule has 134 valence electrons. The molecule has 0 unspecified atom stereocenters. The SMILES string of the molecule is CCCCCCCCCCCCCC=CC=Cc1cccc(O)c1. The van der Waals surface area contributed by atoms with Crippen molar-refractivity contribution < 1.29 is 5.11 Å². The molecule has 1 nitrogen and oxygen atoms in total. The third-order valence-corrected chi connectivity index (χ3v) is 4.38. The van der Waals surface area contributed by atoms with Gasteiger partial charge in [0.2, 0.25) is 0 Å². The summed E-state index contributed by atoms with van der Waals surface area (Å²) in [7, 11) is 0. The van der Waals surface area contributed by atoms with Crippen LogP contribution in [0.5, 0.6) is 5.75 Å². The fourth-order valence-electron chi connectivity index (χ4n) is 2.90. The molecule has 0 aliphatic rings. The van der Waals surface area contributed by atoms with E-state index in [-0.39, 0.29) is 0 Å². The van der Waals surface area contributed by atoms with E-state index in [0.29, 0.717) is 5.75 Å². The highest BCUT2D eigenvalue weighted by Gasteiger charge is 1.92. The van der Waals surface area contributed by atoms with Crippen molar-refractivity contribution in [1.82, 2.24) is 0 Å². The zero-order chi connectivity index (χ0) is 17.3. The molecule has 0 heterocycles. The maximum Gasteiger partial charge on any atom is 0.116 e. The second-order valence-corrected chi connectivity index (χ2v) is 6.71. The summed E-state index contributed by atoms with van der Waals surface area (Å²) in [5, 5.41) is 9.39. The van der Waals surface area contributed by atoms with E-state index < -0.39 is 0 Å². The van der Waals surface area contributed by atoms with E-state index in [1.165, 1.54) is 77.0 Å². The number of benzene rings is 1. The zero-order valence-electron chi connectivity index (χ0n) is 15.6. The summed E-state index contributed by atoms with van der Waals surface area (Å²) in [5.41, 5.74) is 1.04. The first-order valence-electron chi connectivity index (χ1n) is 9.95. The largest absolute Gasteiger partial charge is 0.508 e. The first kappa shape index (κ1) is 20.5. The molecule has 0 bridgehead atoms. The first-order valence-corrected chi connectivity index (χ1v) is 9.95. The van der Waals surface area contributed by atoms with E-state index >= 15 is 0 Å². The van der Waals surface area contributed by atoms with Gasteiger partial charge in [-0.15, -0.1) is 0 Å². The highest BCUT2D eigenvalue weighted by molar-refractivity contribution is 5.52. The Balaban J connectivity index is 1.89. The van der Waals surface area contributed by atoms with Crippen LogP contribution in [0.15, 0.2) is 42.5 Å². The molecule has 1 heteroatoms. The maximum absolute atomic E-state index is 9.39. The van der Waals surface area contributed by atoms with Gasteiger partial charge in [-0.05, 0) is 30.5 Å². The lowest BCUT2D eigenvalue weighted by Crippen LogP contribution is -1.81. The van der Waals surface area contributed by atoms with Gasteiger partial charge in [0.25, 0.3) is 0 Å². The third kappa shape index (κ3) is 12.0. The van der Waals surface area contributed by atoms with Gasteiger partial charge in [-0.2, -0.15) is 0 Å². The summed E-state index contributed by atoms with van der Waals surface area (Å²) >= 11 is 0. The van der Waals surface area contributed by atoms with Crippen LogP contribution in [0.2, 0.25) is 0 Å². The summed E-state index contributed by atoms with van der Waals surface area (Å²) in [4.78, 5) is 0. The average molecular weight is 329 g/mol. The molecule has 0 amide bonds. The predicted molar refractivity (Wildman–Crippen MR) is 107 cm³/mol. The smallest absolute Gasteiger partial charge is 0.116 e. The summed E-state index contributed by atoms with van der Waals surface area (Å²) in [6, 6.07) is 7.32. The van der Waals surface area contributed by atoms with E-state index in [2.05, 4.69) is 19.1 Å². The Kier molecular flexibility index (Phi) is 12.9. The number of phenolic OH excluding ortho intramolecular Hbond substituents is 1. The van der Waals surface area contributed by atoms with Crippen LogP contribution in [0.3, 0.4) is 0 Å². The Hall–Kier alpha value is -1.50. The molecular formula is C23H36O. The Morgan fingerprint density at radius 1 is 0.792 bits per heavy atom. The second-order valence-electron chi connectivity index (χ2n) is 6.71. The van der Waals surface area contributed by atoms with Crippen molar-refractivity contribution in [2.45, 2.75) is 84.0 Å². The fraction of sp³-hybridized carbons (Fsp3) is 0.565. The molecule has 1 rings (SSSR count). The van der Waals surface area contributed by atoms with Crippen LogP contribution in [0.4, 0.5) is 0 Å². The topological polar surface area (TPSA) is 20.2 Å². The highest BCUT2D eigenvalue weighted by atomic mass is 16.3. The van der Waals surface area contributed by atoms with Gasteiger partial charge in [0.15, 0.2) is 0 Å². The lowest BCUT2D eigenvalue weighted by Gasteiger charge is -2.01. The summed E-state index contributed by atoms with van der Waals surface area (Å²) in [6.07, 6.45) is 25.0. The van der Waals surface area contributed by atoms with Crippen molar-refractivity contribution in [3.63, 3.8) is 0 Å². The van der Waals surface area contributed by atoms with Crippen LogP contribution in [-0.4, -0.2) is 5.11 Å². The fourth-order valence-corrected chi connectivity index (χ4v) is 2.90. The average Bonchev–Trinajstić information content (AvgIpc) is 2.58. The monoisotopic (exact) mass is 328 g/mol. The second kappa shape index (κ2) is 15.1. The molecule has 0 aliphatic heterocycles. The van der Waals surface area contributed by atoms with Crippen LogP contribution in [0.1, 0.15) is 89.5 Å². The number of allylic oxidation sites excluding steroid dienone is 3. The Labute approximate surface area is 149 Å². The van der Waals surface area contributed by atoms with Gasteiger partial charge in [0.05, 0.1) is 0 Å². The van der Waals surface area contributed by atoms with E-state index in [0.717, 1.165) is 5.56 Å². The standard InChI is InChI=1S/C23H36O/c1-2-3-4-5-6-7-8-9-10-11-12-13-14-15-16-18-22-19-17-20-23(24)21-22/h14-21,24H,2-13H2,1H3. The van der Waals surface area contributed by atoms with Crippen LogP contribution < -0.4 is 0 Å². The van der Waals surface area contributed by atoms with Gasteiger partial charge >= 0.3 is 0 Å². The quantitative estimate of drug-likeness (QED) is 0.274. The summed E-state index contributed by atoms with van der Waals surface area (Å²) in [6.45, 7) is 2.28. The van der Waals surface area contributed by atoms with Gasteiger partial charge < -0.3 is 5.11 Å². The van der Waals surface area contributed by atoms with Crippen LogP contribution >= 0.6 is 0 Å². The molecule has 0 radical (unpaired) electrons. The molecule has 0 spiro atoms. The molecule has 0 fully saturated rings. The number of phenols is 1. The van der Waals surface area contributed by atoms with E-state index in [1.807, 2.05) is 24.3 Å². The zero-order valence-corrected chi connectivity index (χ0v) is 15.6. The molecule has 24 heavy (non-hydrogen) atoms. The maximum atomic E-state index is 9.39. The molecule has 0 saturated carbocycles. The number of aromatic hydroxyl groups is 1. The molecular weight excluding hydrogens is 292 g/mol. The minimum absolute atomic E-state index is 0.321.